The third-order valence-corrected chi connectivity index (χ3v) is 9.39. The fourth-order valence-corrected chi connectivity index (χ4v) is 6.28. The molecule has 1 aliphatic rings. The predicted octanol–water partition coefficient (Wildman–Crippen LogP) is 4.60. The van der Waals surface area contributed by atoms with E-state index in [1.54, 1.807) is 41.5 Å². The molecule has 0 aliphatic carbocycles. The van der Waals surface area contributed by atoms with Crippen LogP contribution in [0.4, 0.5) is 10.1 Å². The van der Waals surface area contributed by atoms with Crippen LogP contribution in [-0.4, -0.2) is 37.3 Å². The molecule has 228 valence electrons. The lowest BCUT2D eigenvalue weighted by Crippen LogP contribution is -2.38. The van der Waals surface area contributed by atoms with Crippen LogP contribution in [0.2, 0.25) is 10.0 Å². The third kappa shape index (κ3) is 7.40. The number of benzene rings is 2. The molecule has 0 saturated heterocycles. The van der Waals surface area contributed by atoms with Crippen LogP contribution >= 0.6 is 46.3 Å². The number of aromatic nitrogens is 4. The molecule has 0 fully saturated rings. The minimum atomic E-state index is -0.580. The van der Waals surface area contributed by atoms with Crippen LogP contribution in [0, 0.1) is 19.7 Å². The number of nitrogens with zero attached hydrogens (tertiary/aromatic N) is 5. The van der Waals surface area contributed by atoms with E-state index in [-0.39, 0.29) is 32.6 Å². The van der Waals surface area contributed by atoms with Gasteiger partial charge in [-0.25, -0.2) is 23.4 Å². The van der Waals surface area contributed by atoms with Crippen molar-refractivity contribution in [2.24, 2.45) is 12.0 Å². The highest BCUT2D eigenvalue weighted by atomic mass is 35.5. The van der Waals surface area contributed by atoms with Crippen molar-refractivity contribution in [2.45, 2.75) is 44.7 Å². The number of hydrogen-bond donors (Lipinski definition) is 0. The fraction of sp³-hybridized carbons (Fsp3) is 0.321. The molecule has 0 atom stereocenters. The van der Waals surface area contributed by atoms with Crippen molar-refractivity contribution in [1.29, 1.82) is 0 Å². The molecule has 15 heteroatoms. The van der Waals surface area contributed by atoms with E-state index in [1.807, 2.05) is 6.92 Å². The lowest BCUT2D eigenvalue weighted by atomic mass is 10.2. The molecule has 5 rings (SSSR count). The Morgan fingerprint density at radius 3 is 2.42 bits per heavy atom. The summed E-state index contributed by atoms with van der Waals surface area (Å²) in [5.74, 6) is -0.923. The number of carbonyl (C=O) groups is 1. The summed E-state index contributed by atoms with van der Waals surface area (Å²) in [7, 11) is 2.93. The Labute approximate surface area is 263 Å². The van der Waals surface area contributed by atoms with Crippen LogP contribution in [0.15, 0.2) is 60.7 Å². The summed E-state index contributed by atoms with van der Waals surface area (Å²) < 4.78 is 24.8. The van der Waals surface area contributed by atoms with Crippen LogP contribution in [0.3, 0.4) is 0 Å². The van der Waals surface area contributed by atoms with Crippen LogP contribution in [0.5, 0.6) is 0 Å². The van der Waals surface area contributed by atoms with Gasteiger partial charge in [-0.15, -0.1) is 11.8 Å². The molecule has 2 aromatic heterocycles. The number of carbonyl (C=O) groups excluding carboxylic acids is 1. The maximum atomic E-state index is 14.3. The molecule has 1 aliphatic heterocycles. The second kappa shape index (κ2) is 13.9. The zero-order chi connectivity index (χ0) is 31.4. The molecule has 4 aromatic rings. The average Bonchev–Trinajstić information content (AvgIpc) is 3.29. The molecule has 0 N–H and O–H groups in total. The van der Waals surface area contributed by atoms with E-state index in [1.165, 1.54) is 23.8 Å². The van der Waals surface area contributed by atoms with E-state index in [0.717, 1.165) is 52.1 Å². The molecule has 10 nitrogen and oxygen atoms in total. The Hall–Kier alpha value is -3.39. The van der Waals surface area contributed by atoms with Gasteiger partial charge in [-0.1, -0.05) is 23.2 Å². The van der Waals surface area contributed by atoms with Crippen molar-refractivity contribution in [3.63, 3.8) is 0 Å². The Morgan fingerprint density at radius 2 is 1.74 bits per heavy atom. The highest BCUT2D eigenvalue weighted by molar-refractivity contribution is 8.00. The van der Waals surface area contributed by atoms with E-state index >= 15 is 0 Å². The molecule has 0 amide bonds. The first-order valence-electron chi connectivity index (χ1n) is 13.0. The van der Waals surface area contributed by atoms with E-state index in [0.29, 0.717) is 39.2 Å². The number of esters is 1. The molecule has 0 saturated carbocycles. The number of ether oxygens (including phenoxy) is 1. The highest BCUT2D eigenvalue weighted by Crippen LogP contribution is 2.33. The molecule has 0 unspecified atom stereocenters. The Bertz CT molecular complexity index is 1940. The van der Waals surface area contributed by atoms with Crippen molar-refractivity contribution < 1.29 is 13.9 Å². The quantitative estimate of drug-likeness (QED) is 0.227. The second-order valence-electron chi connectivity index (χ2n) is 9.55. The summed E-state index contributed by atoms with van der Waals surface area (Å²) in [4.78, 5) is 52.5. The smallest absolute Gasteiger partial charge is 0.335 e. The van der Waals surface area contributed by atoms with Crippen LogP contribution in [0.25, 0.3) is 5.69 Å². The maximum absolute atomic E-state index is 14.3. The maximum Gasteiger partial charge on any atom is 0.335 e. The van der Waals surface area contributed by atoms with E-state index in [4.69, 9.17) is 23.2 Å². The third-order valence-electron chi connectivity index (χ3n) is 6.64. The molecular weight excluding hydrogens is 640 g/mol. The standard InChI is InChI=1S/C15H15ClFN3O3S2.C13H13ClN2O2/c1-23-13(21)8-24-12-7-11(10(17)6-9(12)16)18-14-19-4-2-3-5-20(19)15(22)25-14;1-8-6-10(4-5-11(8)14)16-12(17)7-9(2)15(3)13(16)18/h6-7H,2-5,8H2,1H3;4-7H,1-3H3. The van der Waals surface area contributed by atoms with Gasteiger partial charge in [0.25, 0.3) is 5.56 Å². The fourth-order valence-electron chi connectivity index (χ4n) is 4.17. The second-order valence-corrected chi connectivity index (χ2v) is 12.3. The summed E-state index contributed by atoms with van der Waals surface area (Å²) in [6.45, 7) is 4.88. The van der Waals surface area contributed by atoms with Crippen molar-refractivity contribution in [1.82, 2.24) is 18.5 Å². The van der Waals surface area contributed by atoms with Gasteiger partial charge in [-0.2, -0.15) is 0 Å². The molecule has 0 radical (unpaired) electrons. The zero-order valence-electron chi connectivity index (χ0n) is 23.7. The van der Waals surface area contributed by atoms with Gasteiger partial charge in [-0.3, -0.25) is 19.1 Å². The minimum Gasteiger partial charge on any atom is -0.468 e. The van der Waals surface area contributed by atoms with Gasteiger partial charge in [0.15, 0.2) is 0 Å². The van der Waals surface area contributed by atoms with Gasteiger partial charge < -0.3 is 9.30 Å². The lowest BCUT2D eigenvalue weighted by molar-refractivity contribution is -0.137. The first kappa shape index (κ1) is 32.5. The summed E-state index contributed by atoms with van der Waals surface area (Å²) in [6.07, 6.45) is 1.90. The van der Waals surface area contributed by atoms with Gasteiger partial charge in [0.2, 0.25) is 4.80 Å². The summed E-state index contributed by atoms with van der Waals surface area (Å²) in [5, 5.41) is 0.806. The summed E-state index contributed by atoms with van der Waals surface area (Å²) >= 11 is 14.1. The molecule has 2 aromatic carbocycles. The normalized spacial score (nSPS) is 12.9. The minimum absolute atomic E-state index is 0.0605. The highest BCUT2D eigenvalue weighted by Gasteiger charge is 2.15. The Morgan fingerprint density at radius 1 is 1.05 bits per heavy atom. The van der Waals surface area contributed by atoms with Crippen LogP contribution < -0.4 is 20.9 Å². The molecular formula is C28H28Cl2FN5O5S2. The number of halogens is 3. The van der Waals surface area contributed by atoms with Gasteiger partial charge in [-0.05, 0) is 73.9 Å². The van der Waals surface area contributed by atoms with E-state index < -0.39 is 11.8 Å². The Balaban J connectivity index is 0.000000208. The lowest BCUT2D eigenvalue weighted by Gasteiger charge is -2.15. The van der Waals surface area contributed by atoms with Gasteiger partial charge in [0, 0.05) is 41.8 Å². The van der Waals surface area contributed by atoms with Crippen LogP contribution in [0.1, 0.15) is 24.1 Å². The molecule has 3 heterocycles. The SMILES string of the molecule is COC(=O)CSc1cc(N=c2sc(=O)n3n2CCCC3)c(F)cc1Cl.Cc1cc(-n2c(=O)cc(C)n(C)c2=O)ccc1Cl. The summed E-state index contributed by atoms with van der Waals surface area (Å²) in [6, 6.07) is 9.14. The van der Waals surface area contributed by atoms with Gasteiger partial charge in [0.05, 0.1) is 23.6 Å². The number of fused-ring (bicyclic) bond motifs is 1. The number of aryl methyl sites for hydroxylation is 2. The molecule has 0 spiro atoms. The first-order chi connectivity index (χ1) is 20.4. The zero-order valence-corrected chi connectivity index (χ0v) is 26.9. The van der Waals surface area contributed by atoms with E-state index in [2.05, 4.69) is 9.73 Å². The average molecular weight is 669 g/mol. The monoisotopic (exact) mass is 667 g/mol. The number of thioether (sulfide) groups is 1. The Kier molecular flexibility index (Phi) is 10.5. The van der Waals surface area contributed by atoms with Gasteiger partial charge >= 0.3 is 16.5 Å². The molecule has 0 bridgehead atoms. The number of methoxy groups -OCH3 is 1. The van der Waals surface area contributed by atoms with Crippen molar-refractivity contribution in [3.8, 4) is 5.69 Å². The van der Waals surface area contributed by atoms with E-state index in [9.17, 15) is 23.6 Å². The topological polar surface area (TPSA) is 110 Å². The van der Waals surface area contributed by atoms with Crippen molar-refractivity contribution in [2.75, 3.05) is 12.9 Å². The van der Waals surface area contributed by atoms with Crippen molar-refractivity contribution in [3.05, 3.63) is 98.8 Å². The van der Waals surface area contributed by atoms with Crippen molar-refractivity contribution >= 4 is 58.0 Å². The van der Waals surface area contributed by atoms with Gasteiger partial charge in [0.1, 0.15) is 11.5 Å². The number of hydrogen-bond acceptors (Lipinski definition) is 8. The largest absolute Gasteiger partial charge is 0.468 e. The summed E-state index contributed by atoms with van der Waals surface area (Å²) in [5.41, 5.74) is 1.37. The first-order valence-corrected chi connectivity index (χ1v) is 15.6. The predicted molar refractivity (Wildman–Crippen MR) is 167 cm³/mol. The number of rotatable bonds is 5. The molecule has 43 heavy (non-hydrogen) atoms. The van der Waals surface area contributed by atoms with Crippen LogP contribution in [-0.2, 0) is 29.7 Å².